The van der Waals surface area contributed by atoms with E-state index >= 15 is 0 Å². The van der Waals surface area contributed by atoms with Gasteiger partial charge in [-0.2, -0.15) is 0 Å². The maximum Gasteiger partial charge on any atom is 0.192 e. The topological polar surface area (TPSA) is 50.7 Å². The molecular formula is C18H37NO3Si. The third-order valence-corrected chi connectivity index (χ3v) is 10.7. The van der Waals surface area contributed by atoms with Crippen LogP contribution in [0.4, 0.5) is 0 Å². The van der Waals surface area contributed by atoms with Gasteiger partial charge in [0.1, 0.15) is 0 Å². The molecule has 1 aliphatic carbocycles. The first-order valence-corrected chi connectivity index (χ1v) is 12.2. The van der Waals surface area contributed by atoms with Crippen LogP contribution < -0.4 is 5.32 Å². The Bertz CT molecular complexity index is 365. The van der Waals surface area contributed by atoms with Gasteiger partial charge in [0.15, 0.2) is 8.32 Å². The molecule has 136 valence electrons. The third kappa shape index (κ3) is 4.79. The summed E-state index contributed by atoms with van der Waals surface area (Å²) in [6.45, 7) is 14.9. The molecule has 1 atom stereocenters. The molecule has 2 aliphatic rings. The first kappa shape index (κ1) is 19.4. The zero-order chi connectivity index (χ0) is 17.1. The van der Waals surface area contributed by atoms with Crippen LogP contribution in [0.1, 0.15) is 46.5 Å². The third-order valence-electron chi connectivity index (χ3n) is 6.18. The molecule has 2 fully saturated rings. The number of hydrogen-bond donors (Lipinski definition) is 2. The molecule has 1 aliphatic heterocycles. The van der Waals surface area contributed by atoms with Gasteiger partial charge in [-0.05, 0) is 36.9 Å². The second kappa shape index (κ2) is 7.52. The van der Waals surface area contributed by atoms with Crippen LogP contribution >= 0.6 is 0 Å². The first-order valence-electron chi connectivity index (χ1n) is 9.26. The summed E-state index contributed by atoms with van der Waals surface area (Å²) in [5, 5.41) is 13.4. The summed E-state index contributed by atoms with van der Waals surface area (Å²) < 4.78 is 12.1. The summed E-state index contributed by atoms with van der Waals surface area (Å²) in [5.74, 6) is 0.694. The lowest BCUT2D eigenvalue weighted by molar-refractivity contribution is -0.134. The molecule has 2 N–H and O–H groups in total. The Morgan fingerprint density at radius 2 is 1.87 bits per heavy atom. The monoisotopic (exact) mass is 343 g/mol. The summed E-state index contributed by atoms with van der Waals surface area (Å²) in [5.41, 5.74) is -0.0583. The van der Waals surface area contributed by atoms with Gasteiger partial charge in [-0.1, -0.05) is 33.6 Å². The van der Waals surface area contributed by atoms with Crippen LogP contribution in [-0.2, 0) is 9.16 Å². The minimum absolute atomic E-state index is 0.0583. The van der Waals surface area contributed by atoms with Crippen LogP contribution in [0.3, 0.4) is 0 Å². The molecule has 1 heterocycles. The van der Waals surface area contributed by atoms with Gasteiger partial charge in [0, 0.05) is 13.1 Å². The Morgan fingerprint density at radius 3 is 2.30 bits per heavy atom. The predicted octanol–water partition coefficient (Wildman–Crippen LogP) is 3.17. The van der Waals surface area contributed by atoms with Crippen LogP contribution in [0.15, 0.2) is 0 Å². The van der Waals surface area contributed by atoms with Gasteiger partial charge in [0.25, 0.3) is 0 Å². The van der Waals surface area contributed by atoms with Crippen molar-refractivity contribution in [3.8, 4) is 0 Å². The molecule has 1 saturated heterocycles. The highest BCUT2D eigenvalue weighted by molar-refractivity contribution is 6.74. The molecule has 0 bridgehead atoms. The number of nitrogens with one attached hydrogen (secondary N) is 1. The molecule has 0 aromatic carbocycles. The quantitative estimate of drug-likeness (QED) is 0.665. The number of rotatable bonds is 8. The molecule has 0 aromatic heterocycles. The van der Waals surface area contributed by atoms with E-state index in [9.17, 15) is 5.11 Å². The van der Waals surface area contributed by atoms with Crippen molar-refractivity contribution >= 4 is 8.32 Å². The molecule has 0 aromatic rings. The van der Waals surface area contributed by atoms with Crippen LogP contribution in [0, 0.1) is 11.3 Å². The average Bonchev–Trinajstić information content (AvgIpc) is 2.93. The zero-order valence-electron chi connectivity index (χ0n) is 15.8. The van der Waals surface area contributed by atoms with Crippen molar-refractivity contribution in [2.45, 2.75) is 70.7 Å². The molecule has 23 heavy (non-hydrogen) atoms. The van der Waals surface area contributed by atoms with Crippen LogP contribution in [-0.4, -0.2) is 52.4 Å². The highest BCUT2D eigenvalue weighted by Gasteiger charge is 2.42. The van der Waals surface area contributed by atoms with Crippen LogP contribution in [0.25, 0.3) is 0 Å². The second-order valence-corrected chi connectivity index (χ2v) is 14.0. The average molecular weight is 344 g/mol. The minimum atomic E-state index is -1.75. The predicted molar refractivity (Wildman–Crippen MR) is 97.2 cm³/mol. The van der Waals surface area contributed by atoms with Crippen molar-refractivity contribution in [3.63, 3.8) is 0 Å². The lowest BCUT2D eigenvalue weighted by atomic mass is 9.87. The Balaban J connectivity index is 1.92. The number of hydrogen-bond acceptors (Lipinski definition) is 4. The van der Waals surface area contributed by atoms with E-state index in [0.717, 1.165) is 13.1 Å². The standard InChI is InChI=1S/C18H37NO3Si/c1-17(2,3)23(4,5)22-16(15-8-6-7-9-15)10-19-11-18(12-20)13-21-14-18/h15-16,19-20H,6-14H2,1-5H3. The zero-order valence-corrected chi connectivity index (χ0v) is 16.8. The van der Waals surface area contributed by atoms with E-state index in [1.54, 1.807) is 0 Å². The summed E-state index contributed by atoms with van der Waals surface area (Å²) >= 11 is 0. The molecular weight excluding hydrogens is 306 g/mol. The molecule has 0 spiro atoms. The first-order chi connectivity index (χ1) is 10.7. The van der Waals surface area contributed by atoms with Crippen molar-refractivity contribution in [3.05, 3.63) is 0 Å². The fourth-order valence-corrected chi connectivity index (χ4v) is 4.69. The van der Waals surface area contributed by atoms with E-state index in [1.807, 2.05) is 0 Å². The molecule has 4 nitrogen and oxygen atoms in total. The molecule has 0 amide bonds. The Kier molecular flexibility index (Phi) is 6.34. The number of aliphatic hydroxyl groups excluding tert-OH is 1. The van der Waals surface area contributed by atoms with E-state index in [1.165, 1.54) is 25.7 Å². The second-order valence-electron chi connectivity index (χ2n) is 9.24. The lowest BCUT2D eigenvalue weighted by Gasteiger charge is -2.43. The van der Waals surface area contributed by atoms with Crippen LogP contribution in [0.2, 0.25) is 18.1 Å². The van der Waals surface area contributed by atoms with Gasteiger partial charge >= 0.3 is 0 Å². The highest BCUT2D eigenvalue weighted by atomic mass is 28.4. The minimum Gasteiger partial charge on any atom is -0.412 e. The fraction of sp³-hybridized carbons (Fsp3) is 1.00. The summed E-state index contributed by atoms with van der Waals surface area (Å²) in [7, 11) is -1.75. The Labute approximate surface area is 143 Å². The summed E-state index contributed by atoms with van der Waals surface area (Å²) in [6, 6.07) is 0. The Hall–Kier alpha value is 0.0569. The fourth-order valence-electron chi connectivity index (χ4n) is 3.31. The normalized spacial score (nSPS) is 23.7. The van der Waals surface area contributed by atoms with E-state index in [-0.39, 0.29) is 17.1 Å². The van der Waals surface area contributed by atoms with Crippen molar-refractivity contribution in [1.29, 1.82) is 0 Å². The molecule has 1 saturated carbocycles. The van der Waals surface area contributed by atoms with Crippen LogP contribution in [0.5, 0.6) is 0 Å². The SMILES string of the molecule is CC(C)(C)[Si](C)(C)OC(CNCC1(CO)COC1)C1CCCC1. The Morgan fingerprint density at radius 1 is 1.26 bits per heavy atom. The summed E-state index contributed by atoms with van der Waals surface area (Å²) in [6.07, 6.45) is 5.60. The molecule has 5 heteroatoms. The van der Waals surface area contributed by atoms with E-state index in [4.69, 9.17) is 9.16 Å². The molecule has 2 rings (SSSR count). The molecule has 0 radical (unpaired) electrons. The van der Waals surface area contributed by atoms with E-state index < -0.39 is 8.32 Å². The molecule has 1 unspecified atom stereocenters. The van der Waals surface area contributed by atoms with Gasteiger partial charge in [-0.3, -0.25) is 0 Å². The van der Waals surface area contributed by atoms with Gasteiger partial charge in [-0.25, -0.2) is 0 Å². The number of ether oxygens (including phenoxy) is 1. The highest BCUT2D eigenvalue weighted by Crippen LogP contribution is 2.40. The lowest BCUT2D eigenvalue weighted by Crippen LogP contribution is -2.54. The van der Waals surface area contributed by atoms with E-state index in [0.29, 0.717) is 25.2 Å². The van der Waals surface area contributed by atoms with Gasteiger partial charge in [0.05, 0.1) is 31.3 Å². The van der Waals surface area contributed by atoms with Crippen molar-refractivity contribution in [2.24, 2.45) is 11.3 Å². The van der Waals surface area contributed by atoms with Gasteiger partial charge < -0.3 is 19.6 Å². The van der Waals surface area contributed by atoms with Crippen molar-refractivity contribution < 1.29 is 14.3 Å². The van der Waals surface area contributed by atoms with Crippen molar-refractivity contribution in [2.75, 3.05) is 32.9 Å². The smallest absolute Gasteiger partial charge is 0.192 e. The maximum atomic E-state index is 9.56. The van der Waals surface area contributed by atoms with Crippen molar-refractivity contribution in [1.82, 2.24) is 5.32 Å². The largest absolute Gasteiger partial charge is 0.412 e. The van der Waals surface area contributed by atoms with Gasteiger partial charge in [0.2, 0.25) is 0 Å². The number of aliphatic hydroxyl groups is 1. The maximum absolute atomic E-state index is 9.56. The summed E-state index contributed by atoms with van der Waals surface area (Å²) in [4.78, 5) is 0. The van der Waals surface area contributed by atoms with Gasteiger partial charge in [-0.15, -0.1) is 0 Å². The van der Waals surface area contributed by atoms with E-state index in [2.05, 4.69) is 39.2 Å².